The van der Waals surface area contributed by atoms with Gasteiger partial charge in [-0.25, -0.2) is 4.79 Å². The fourth-order valence-electron chi connectivity index (χ4n) is 3.62. The molecule has 6 nitrogen and oxygen atoms in total. The maximum atomic E-state index is 12.9. The summed E-state index contributed by atoms with van der Waals surface area (Å²) in [4.78, 5) is 41.3. The second kappa shape index (κ2) is 6.55. The maximum absolute atomic E-state index is 12.9. The molecule has 0 aromatic carbocycles. The zero-order valence-electron chi connectivity index (χ0n) is 14.1. The van der Waals surface area contributed by atoms with Crippen LogP contribution in [0.15, 0.2) is 17.5 Å². The quantitative estimate of drug-likeness (QED) is 0.847. The summed E-state index contributed by atoms with van der Waals surface area (Å²) in [5, 5.41) is 4.84. The number of amides is 4. The average Bonchev–Trinajstić information content (AvgIpc) is 3.13. The van der Waals surface area contributed by atoms with E-state index in [1.165, 1.54) is 0 Å². The standard InChI is InChI=1S/C17H23N3O3S/c1-12-6-3-4-8-17(12)15(22)20(16(23)18-17)11-14(21)19(2)10-13-7-5-9-24-13/h5,7,9,12H,3-4,6,8,10-11H2,1-2H3,(H,18,23)/t12-,17-/m1/s1. The van der Waals surface area contributed by atoms with Crippen LogP contribution in [0.5, 0.6) is 0 Å². The van der Waals surface area contributed by atoms with E-state index in [9.17, 15) is 14.4 Å². The molecule has 1 N–H and O–H groups in total. The molecule has 2 heterocycles. The Balaban J connectivity index is 1.67. The first kappa shape index (κ1) is 17.0. The third kappa shape index (κ3) is 2.92. The van der Waals surface area contributed by atoms with Gasteiger partial charge in [0.15, 0.2) is 0 Å². The fourth-order valence-corrected chi connectivity index (χ4v) is 4.38. The number of carbonyl (C=O) groups excluding carboxylic acids is 3. The van der Waals surface area contributed by atoms with Gasteiger partial charge < -0.3 is 10.2 Å². The Labute approximate surface area is 145 Å². The summed E-state index contributed by atoms with van der Waals surface area (Å²) in [6.45, 7) is 2.30. The van der Waals surface area contributed by atoms with Gasteiger partial charge in [0.1, 0.15) is 12.1 Å². The van der Waals surface area contributed by atoms with Crippen LogP contribution in [0.2, 0.25) is 0 Å². The van der Waals surface area contributed by atoms with Crippen LogP contribution in [0.3, 0.4) is 0 Å². The largest absolute Gasteiger partial charge is 0.339 e. The SMILES string of the molecule is C[C@@H]1CCCC[C@@]12NC(=O)N(CC(=O)N(C)Cc1cccs1)C2=O. The molecule has 1 aliphatic carbocycles. The predicted molar refractivity (Wildman–Crippen MR) is 91.4 cm³/mol. The molecule has 1 aromatic rings. The highest BCUT2D eigenvalue weighted by Crippen LogP contribution is 2.38. The van der Waals surface area contributed by atoms with Crippen LogP contribution in [0, 0.1) is 5.92 Å². The van der Waals surface area contributed by atoms with Crippen molar-refractivity contribution in [1.29, 1.82) is 0 Å². The van der Waals surface area contributed by atoms with Crippen molar-refractivity contribution in [3.8, 4) is 0 Å². The van der Waals surface area contributed by atoms with E-state index in [-0.39, 0.29) is 24.3 Å². The topological polar surface area (TPSA) is 69.7 Å². The number of carbonyl (C=O) groups is 3. The zero-order valence-corrected chi connectivity index (χ0v) is 14.9. The van der Waals surface area contributed by atoms with Gasteiger partial charge >= 0.3 is 6.03 Å². The average molecular weight is 349 g/mol. The van der Waals surface area contributed by atoms with Crippen molar-refractivity contribution in [2.45, 2.75) is 44.7 Å². The first-order valence-electron chi connectivity index (χ1n) is 8.34. The van der Waals surface area contributed by atoms with E-state index in [1.54, 1.807) is 23.3 Å². The van der Waals surface area contributed by atoms with Crippen LogP contribution in [0.1, 0.15) is 37.5 Å². The Hall–Kier alpha value is -1.89. The zero-order chi connectivity index (χ0) is 17.3. The lowest BCUT2D eigenvalue weighted by atomic mass is 9.73. The Morgan fingerprint density at radius 3 is 2.92 bits per heavy atom. The Morgan fingerprint density at radius 1 is 1.46 bits per heavy atom. The van der Waals surface area contributed by atoms with Crippen molar-refractivity contribution in [3.05, 3.63) is 22.4 Å². The lowest BCUT2D eigenvalue weighted by Crippen LogP contribution is -2.54. The van der Waals surface area contributed by atoms with E-state index in [1.807, 2.05) is 24.4 Å². The molecule has 1 saturated heterocycles. The van der Waals surface area contributed by atoms with Crippen LogP contribution >= 0.6 is 11.3 Å². The molecule has 1 aromatic heterocycles. The van der Waals surface area contributed by atoms with E-state index >= 15 is 0 Å². The van der Waals surface area contributed by atoms with E-state index < -0.39 is 11.6 Å². The molecular weight excluding hydrogens is 326 g/mol. The summed E-state index contributed by atoms with van der Waals surface area (Å²) in [5.41, 5.74) is -0.804. The molecule has 0 radical (unpaired) electrons. The molecule has 0 bridgehead atoms. The fraction of sp³-hybridized carbons (Fsp3) is 0.588. The Bertz CT molecular complexity index is 646. The molecule has 3 rings (SSSR count). The Kier molecular flexibility index (Phi) is 4.62. The number of thiophene rings is 1. The highest BCUT2D eigenvalue weighted by molar-refractivity contribution is 7.09. The third-order valence-electron chi connectivity index (χ3n) is 5.19. The van der Waals surface area contributed by atoms with Gasteiger partial charge in [0.05, 0.1) is 6.54 Å². The molecule has 1 saturated carbocycles. The predicted octanol–water partition coefficient (Wildman–Crippen LogP) is 2.21. The van der Waals surface area contributed by atoms with Crippen LogP contribution in [0.25, 0.3) is 0 Å². The summed E-state index contributed by atoms with van der Waals surface area (Å²) in [6.07, 6.45) is 3.59. The van der Waals surface area contributed by atoms with Crippen molar-refractivity contribution < 1.29 is 14.4 Å². The molecule has 7 heteroatoms. The van der Waals surface area contributed by atoms with Gasteiger partial charge in [0.2, 0.25) is 5.91 Å². The van der Waals surface area contributed by atoms with Crippen molar-refractivity contribution in [3.63, 3.8) is 0 Å². The second-order valence-corrected chi connectivity index (χ2v) is 7.80. The summed E-state index contributed by atoms with van der Waals surface area (Å²) < 4.78 is 0. The molecule has 2 fully saturated rings. The lowest BCUT2D eigenvalue weighted by molar-refractivity contribution is -0.140. The highest BCUT2D eigenvalue weighted by atomic mass is 32.1. The molecule has 4 amide bonds. The van der Waals surface area contributed by atoms with Gasteiger partial charge in [-0.15, -0.1) is 11.3 Å². The maximum Gasteiger partial charge on any atom is 0.325 e. The Morgan fingerprint density at radius 2 is 2.25 bits per heavy atom. The minimum atomic E-state index is -0.804. The van der Waals surface area contributed by atoms with E-state index in [4.69, 9.17) is 0 Å². The molecule has 0 unspecified atom stereocenters. The normalized spacial score (nSPS) is 26.8. The van der Waals surface area contributed by atoms with Gasteiger partial charge in [-0.2, -0.15) is 0 Å². The molecule has 24 heavy (non-hydrogen) atoms. The van der Waals surface area contributed by atoms with Crippen molar-refractivity contribution in [2.24, 2.45) is 5.92 Å². The van der Waals surface area contributed by atoms with Crippen LogP contribution in [-0.4, -0.2) is 46.8 Å². The van der Waals surface area contributed by atoms with Gasteiger partial charge in [0, 0.05) is 11.9 Å². The van der Waals surface area contributed by atoms with Gasteiger partial charge in [0.25, 0.3) is 5.91 Å². The molecule has 2 atom stereocenters. The monoisotopic (exact) mass is 349 g/mol. The number of likely N-dealkylation sites (N-methyl/N-ethyl adjacent to an activating group) is 1. The summed E-state index contributed by atoms with van der Waals surface area (Å²) >= 11 is 1.58. The molecule has 1 aliphatic heterocycles. The minimum Gasteiger partial charge on any atom is -0.339 e. The number of rotatable bonds is 4. The van der Waals surface area contributed by atoms with Crippen LogP contribution in [0.4, 0.5) is 4.79 Å². The van der Waals surface area contributed by atoms with Crippen molar-refractivity contribution in [1.82, 2.24) is 15.1 Å². The first-order valence-corrected chi connectivity index (χ1v) is 9.22. The van der Waals surface area contributed by atoms with Gasteiger partial charge in [-0.05, 0) is 30.2 Å². The summed E-state index contributed by atoms with van der Waals surface area (Å²) in [6, 6.07) is 3.46. The molecule has 130 valence electrons. The number of nitrogens with one attached hydrogen (secondary N) is 1. The van der Waals surface area contributed by atoms with Crippen LogP contribution in [-0.2, 0) is 16.1 Å². The number of urea groups is 1. The van der Waals surface area contributed by atoms with Crippen molar-refractivity contribution >= 4 is 29.2 Å². The van der Waals surface area contributed by atoms with Crippen molar-refractivity contribution in [2.75, 3.05) is 13.6 Å². The van der Waals surface area contributed by atoms with E-state index in [0.717, 1.165) is 29.0 Å². The first-order chi connectivity index (χ1) is 11.4. The second-order valence-electron chi connectivity index (χ2n) is 6.77. The number of hydrogen-bond donors (Lipinski definition) is 1. The molecule has 1 spiro atoms. The molecular formula is C17H23N3O3S. The van der Waals surface area contributed by atoms with Gasteiger partial charge in [-0.3, -0.25) is 14.5 Å². The number of nitrogens with zero attached hydrogens (tertiary/aromatic N) is 2. The molecule has 2 aliphatic rings. The number of hydrogen-bond acceptors (Lipinski definition) is 4. The van der Waals surface area contributed by atoms with E-state index in [2.05, 4.69) is 5.32 Å². The summed E-state index contributed by atoms with van der Waals surface area (Å²) in [7, 11) is 1.69. The third-order valence-corrected chi connectivity index (χ3v) is 6.05. The minimum absolute atomic E-state index is 0.103. The smallest absolute Gasteiger partial charge is 0.325 e. The van der Waals surface area contributed by atoms with Gasteiger partial charge in [-0.1, -0.05) is 25.8 Å². The number of imide groups is 1. The van der Waals surface area contributed by atoms with Crippen LogP contribution < -0.4 is 5.32 Å². The summed E-state index contributed by atoms with van der Waals surface area (Å²) in [5.74, 6) is -0.364. The van der Waals surface area contributed by atoms with E-state index in [0.29, 0.717) is 13.0 Å². The highest BCUT2D eigenvalue weighted by Gasteiger charge is 2.55. The lowest BCUT2D eigenvalue weighted by Gasteiger charge is -2.36.